The molecule has 2 heterocycles. The van der Waals surface area contributed by atoms with Crippen molar-refractivity contribution in [1.29, 1.82) is 0 Å². The SMILES string of the molecule is C[Si](C)(C)CCOCn1c(OC2CCOC2)nc2ccc(Br)c(Cl)c21. The van der Waals surface area contributed by atoms with Gasteiger partial charge in [-0.3, -0.25) is 4.57 Å². The van der Waals surface area contributed by atoms with E-state index in [0.717, 1.165) is 41.2 Å². The number of imidazole rings is 1. The summed E-state index contributed by atoms with van der Waals surface area (Å²) in [5.74, 6) is 0. The van der Waals surface area contributed by atoms with Crippen LogP contribution in [0.2, 0.25) is 30.7 Å². The van der Waals surface area contributed by atoms with Gasteiger partial charge in [-0.1, -0.05) is 31.2 Å². The molecular formula is C17H24BrClN2O3Si. The van der Waals surface area contributed by atoms with Crippen molar-refractivity contribution in [3.63, 3.8) is 0 Å². The molecule has 1 atom stereocenters. The van der Waals surface area contributed by atoms with Gasteiger partial charge in [-0.05, 0) is 34.1 Å². The van der Waals surface area contributed by atoms with Crippen LogP contribution in [0.15, 0.2) is 16.6 Å². The van der Waals surface area contributed by atoms with E-state index < -0.39 is 8.07 Å². The summed E-state index contributed by atoms with van der Waals surface area (Å²) >= 11 is 10.00. The number of hydrogen-bond acceptors (Lipinski definition) is 4. The van der Waals surface area contributed by atoms with E-state index >= 15 is 0 Å². The normalized spacial score (nSPS) is 18.2. The van der Waals surface area contributed by atoms with Crippen LogP contribution in [0.1, 0.15) is 6.42 Å². The van der Waals surface area contributed by atoms with Crippen molar-refractivity contribution in [2.45, 2.75) is 44.9 Å². The molecule has 0 amide bonds. The average Bonchev–Trinajstić information content (AvgIpc) is 3.15. The smallest absolute Gasteiger partial charge is 0.299 e. The van der Waals surface area contributed by atoms with Crippen LogP contribution in [0.3, 0.4) is 0 Å². The first-order valence-corrected chi connectivity index (χ1v) is 13.4. The lowest BCUT2D eigenvalue weighted by atomic mass is 10.3. The molecule has 0 N–H and O–H groups in total. The molecule has 138 valence electrons. The third-order valence-corrected chi connectivity index (χ3v) is 7.12. The maximum absolute atomic E-state index is 6.51. The van der Waals surface area contributed by atoms with Crippen molar-refractivity contribution in [1.82, 2.24) is 9.55 Å². The van der Waals surface area contributed by atoms with E-state index in [1.165, 1.54) is 0 Å². The Morgan fingerprint density at radius 3 is 2.88 bits per heavy atom. The fraction of sp³-hybridized carbons (Fsp3) is 0.588. The quantitative estimate of drug-likeness (QED) is 0.446. The summed E-state index contributed by atoms with van der Waals surface area (Å²) in [6.45, 7) is 9.44. The first-order valence-electron chi connectivity index (χ1n) is 8.51. The van der Waals surface area contributed by atoms with E-state index in [1.807, 2.05) is 16.7 Å². The van der Waals surface area contributed by atoms with Crippen molar-refractivity contribution in [2.24, 2.45) is 0 Å². The van der Waals surface area contributed by atoms with E-state index in [2.05, 4.69) is 40.6 Å². The molecule has 1 aromatic heterocycles. The van der Waals surface area contributed by atoms with Crippen LogP contribution in [0.25, 0.3) is 11.0 Å². The van der Waals surface area contributed by atoms with Gasteiger partial charge in [0.25, 0.3) is 6.01 Å². The van der Waals surface area contributed by atoms with Crippen molar-refractivity contribution in [3.05, 3.63) is 21.6 Å². The van der Waals surface area contributed by atoms with Crippen LogP contribution in [0, 0.1) is 0 Å². The summed E-state index contributed by atoms with van der Waals surface area (Å²) in [6, 6.07) is 5.49. The Kier molecular flexibility index (Phi) is 6.10. The summed E-state index contributed by atoms with van der Waals surface area (Å²) in [5.41, 5.74) is 1.63. The van der Waals surface area contributed by atoms with Crippen molar-refractivity contribution >= 4 is 46.6 Å². The van der Waals surface area contributed by atoms with E-state index in [9.17, 15) is 0 Å². The van der Waals surface area contributed by atoms with Crippen molar-refractivity contribution in [2.75, 3.05) is 19.8 Å². The molecule has 1 aromatic carbocycles. The largest absolute Gasteiger partial charge is 0.459 e. The molecule has 0 saturated carbocycles. The highest BCUT2D eigenvalue weighted by molar-refractivity contribution is 9.10. The first-order chi connectivity index (χ1) is 11.8. The summed E-state index contributed by atoms with van der Waals surface area (Å²) < 4.78 is 20.2. The molecular weight excluding hydrogens is 424 g/mol. The predicted octanol–water partition coefficient (Wildman–Crippen LogP) is 4.93. The summed E-state index contributed by atoms with van der Waals surface area (Å²) in [6.07, 6.45) is 0.900. The Morgan fingerprint density at radius 1 is 1.40 bits per heavy atom. The van der Waals surface area contributed by atoms with Gasteiger partial charge >= 0.3 is 0 Å². The average molecular weight is 448 g/mol. The van der Waals surface area contributed by atoms with Crippen molar-refractivity contribution < 1.29 is 14.2 Å². The maximum Gasteiger partial charge on any atom is 0.299 e. The standard InChI is InChI=1S/C17H24BrClN2O3Si/c1-25(2,3)9-8-23-11-21-16-14(5-4-13(18)15(16)19)20-17(21)24-12-6-7-22-10-12/h4-5,12H,6-11H2,1-3H3. The van der Waals surface area contributed by atoms with E-state index in [0.29, 0.717) is 24.4 Å². The highest BCUT2D eigenvalue weighted by Gasteiger charge is 2.23. The number of ether oxygens (including phenoxy) is 3. The molecule has 0 spiro atoms. The van der Waals surface area contributed by atoms with E-state index in [1.54, 1.807) is 0 Å². The Labute approximate surface area is 162 Å². The topological polar surface area (TPSA) is 45.5 Å². The molecule has 1 fully saturated rings. The molecule has 1 aliphatic heterocycles. The molecule has 2 aromatic rings. The summed E-state index contributed by atoms with van der Waals surface area (Å²) in [5, 5.41) is 0.622. The minimum absolute atomic E-state index is 0.0276. The number of fused-ring (bicyclic) bond motifs is 1. The third-order valence-electron chi connectivity index (χ3n) is 4.14. The van der Waals surface area contributed by atoms with Gasteiger partial charge in [0.2, 0.25) is 0 Å². The molecule has 5 nitrogen and oxygen atoms in total. The lowest BCUT2D eigenvalue weighted by Crippen LogP contribution is -2.22. The third kappa shape index (κ3) is 4.77. The minimum atomic E-state index is -1.13. The van der Waals surface area contributed by atoms with E-state index in [-0.39, 0.29) is 6.10 Å². The fourth-order valence-corrected chi connectivity index (χ4v) is 3.97. The van der Waals surface area contributed by atoms with Crippen LogP contribution in [-0.4, -0.2) is 43.5 Å². The van der Waals surface area contributed by atoms with Crippen LogP contribution < -0.4 is 4.74 Å². The number of rotatable bonds is 7. The van der Waals surface area contributed by atoms with Gasteiger partial charge in [0.1, 0.15) is 12.8 Å². The monoisotopic (exact) mass is 446 g/mol. The molecule has 1 unspecified atom stereocenters. The van der Waals surface area contributed by atoms with Gasteiger partial charge in [-0.2, -0.15) is 4.98 Å². The van der Waals surface area contributed by atoms with Gasteiger partial charge in [-0.25, -0.2) is 0 Å². The van der Waals surface area contributed by atoms with Crippen LogP contribution in [-0.2, 0) is 16.2 Å². The maximum atomic E-state index is 6.51. The van der Waals surface area contributed by atoms with Crippen LogP contribution in [0.4, 0.5) is 0 Å². The number of aromatic nitrogens is 2. The number of benzene rings is 1. The summed E-state index contributed by atoms with van der Waals surface area (Å²) in [7, 11) is -1.13. The van der Waals surface area contributed by atoms with Gasteiger partial charge < -0.3 is 14.2 Å². The highest BCUT2D eigenvalue weighted by Crippen LogP contribution is 2.34. The number of hydrogen-bond donors (Lipinski definition) is 0. The number of halogens is 2. The lowest BCUT2D eigenvalue weighted by molar-refractivity contribution is 0.0727. The second-order valence-corrected chi connectivity index (χ2v) is 14.4. The molecule has 1 aliphatic rings. The second kappa shape index (κ2) is 7.96. The van der Waals surface area contributed by atoms with Gasteiger partial charge in [0, 0.05) is 25.6 Å². The minimum Gasteiger partial charge on any atom is -0.459 e. The van der Waals surface area contributed by atoms with Gasteiger partial charge in [0.05, 0.1) is 29.3 Å². The Bertz CT molecular complexity index is 742. The predicted molar refractivity (Wildman–Crippen MR) is 106 cm³/mol. The second-order valence-electron chi connectivity index (χ2n) is 7.50. The van der Waals surface area contributed by atoms with Crippen LogP contribution in [0.5, 0.6) is 6.01 Å². The molecule has 0 radical (unpaired) electrons. The summed E-state index contributed by atoms with van der Waals surface area (Å²) in [4.78, 5) is 4.61. The highest BCUT2D eigenvalue weighted by atomic mass is 79.9. The molecule has 3 rings (SSSR count). The Hall–Kier alpha value is -0.603. The molecule has 1 saturated heterocycles. The van der Waals surface area contributed by atoms with E-state index in [4.69, 9.17) is 25.8 Å². The molecule has 25 heavy (non-hydrogen) atoms. The molecule has 0 bridgehead atoms. The Morgan fingerprint density at radius 2 is 2.20 bits per heavy atom. The first kappa shape index (κ1) is 19.2. The number of nitrogens with zero attached hydrogens (tertiary/aromatic N) is 2. The van der Waals surface area contributed by atoms with Gasteiger partial charge in [-0.15, -0.1) is 0 Å². The lowest BCUT2D eigenvalue weighted by Gasteiger charge is -2.17. The van der Waals surface area contributed by atoms with Crippen LogP contribution >= 0.6 is 27.5 Å². The Balaban J connectivity index is 1.84. The zero-order chi connectivity index (χ0) is 18.0. The zero-order valence-corrected chi connectivity index (χ0v) is 18.2. The van der Waals surface area contributed by atoms with Crippen molar-refractivity contribution in [3.8, 4) is 6.01 Å². The molecule has 8 heteroatoms. The molecule has 0 aliphatic carbocycles. The zero-order valence-electron chi connectivity index (χ0n) is 14.8. The fourth-order valence-electron chi connectivity index (χ4n) is 2.63. The van der Waals surface area contributed by atoms with Gasteiger partial charge in [0.15, 0.2) is 0 Å².